The minimum Gasteiger partial charge on any atom is -0.372 e. The zero-order chi connectivity index (χ0) is 13.3. The molecule has 0 saturated carbocycles. The third-order valence-electron chi connectivity index (χ3n) is 2.92. The van der Waals surface area contributed by atoms with Crippen molar-refractivity contribution in [3.63, 3.8) is 0 Å². The van der Waals surface area contributed by atoms with Gasteiger partial charge in [0.2, 0.25) is 0 Å². The maximum absolute atomic E-state index is 12.2. The number of nitrogens with zero attached hydrogens (tertiary/aromatic N) is 1. The number of nitrogens with one attached hydrogen (secondary N) is 1. The molecule has 5 nitrogen and oxygen atoms in total. The summed E-state index contributed by atoms with van der Waals surface area (Å²) in [7, 11) is -3.58. The van der Waals surface area contributed by atoms with Crippen molar-refractivity contribution in [1.82, 2.24) is 4.98 Å². The summed E-state index contributed by atoms with van der Waals surface area (Å²) in [5.74, 6) is 0. The first-order chi connectivity index (χ1) is 9.15. The van der Waals surface area contributed by atoms with Gasteiger partial charge in [-0.1, -0.05) is 6.07 Å². The molecule has 0 amide bonds. The Bertz CT molecular complexity index is 699. The number of hydrogen-bond donors (Lipinski definition) is 1. The summed E-state index contributed by atoms with van der Waals surface area (Å²) in [6.07, 6.45) is 3.05. The number of aromatic nitrogens is 1. The largest absolute Gasteiger partial charge is 0.372 e. The molecular formula is C13H12N2O3S. The van der Waals surface area contributed by atoms with E-state index in [2.05, 4.69) is 9.71 Å². The van der Waals surface area contributed by atoms with Gasteiger partial charge in [0.15, 0.2) is 0 Å². The van der Waals surface area contributed by atoms with Gasteiger partial charge in [-0.3, -0.25) is 9.71 Å². The quantitative estimate of drug-likeness (QED) is 0.929. The lowest BCUT2D eigenvalue weighted by atomic mass is 10.1. The molecule has 0 aliphatic carbocycles. The lowest BCUT2D eigenvalue weighted by molar-refractivity contribution is 0.134. The predicted molar refractivity (Wildman–Crippen MR) is 70.0 cm³/mol. The van der Waals surface area contributed by atoms with Crippen molar-refractivity contribution in [2.24, 2.45) is 0 Å². The first-order valence-electron chi connectivity index (χ1n) is 5.77. The van der Waals surface area contributed by atoms with Gasteiger partial charge in [0.1, 0.15) is 0 Å². The maximum atomic E-state index is 12.2. The standard InChI is InChI=1S/C13H12N2O3S/c16-19(17,15-12-2-1-5-14-7-12)13-4-3-10-8-18-9-11(10)6-13/h1-7,15H,8-9H2. The Balaban J connectivity index is 1.92. The Morgan fingerprint density at radius 1 is 1.16 bits per heavy atom. The Kier molecular flexibility index (Phi) is 2.96. The zero-order valence-corrected chi connectivity index (χ0v) is 10.9. The van der Waals surface area contributed by atoms with E-state index < -0.39 is 10.0 Å². The molecule has 1 aromatic carbocycles. The van der Waals surface area contributed by atoms with Gasteiger partial charge in [0.05, 0.1) is 30.0 Å². The molecule has 2 aromatic rings. The Hall–Kier alpha value is -1.92. The number of anilines is 1. The van der Waals surface area contributed by atoms with Crippen molar-refractivity contribution in [2.75, 3.05) is 4.72 Å². The molecule has 2 heterocycles. The normalized spacial score (nSPS) is 14.1. The molecule has 98 valence electrons. The molecule has 3 rings (SSSR count). The Morgan fingerprint density at radius 2 is 2.00 bits per heavy atom. The lowest BCUT2D eigenvalue weighted by Gasteiger charge is -2.08. The van der Waals surface area contributed by atoms with Crippen molar-refractivity contribution >= 4 is 15.7 Å². The monoisotopic (exact) mass is 276 g/mol. The molecule has 1 aromatic heterocycles. The molecule has 0 unspecified atom stereocenters. The van der Waals surface area contributed by atoms with Crippen molar-refractivity contribution in [3.8, 4) is 0 Å². The van der Waals surface area contributed by atoms with Crippen LogP contribution in [-0.4, -0.2) is 13.4 Å². The minimum absolute atomic E-state index is 0.237. The fraction of sp³-hybridized carbons (Fsp3) is 0.154. The van der Waals surface area contributed by atoms with E-state index in [1.807, 2.05) is 0 Å². The second-order valence-corrected chi connectivity index (χ2v) is 5.95. The minimum atomic E-state index is -3.58. The Morgan fingerprint density at radius 3 is 2.79 bits per heavy atom. The number of ether oxygens (including phenoxy) is 1. The van der Waals surface area contributed by atoms with Crippen LogP contribution >= 0.6 is 0 Å². The van der Waals surface area contributed by atoms with Crippen LogP contribution in [0.2, 0.25) is 0 Å². The predicted octanol–water partition coefficient (Wildman–Crippen LogP) is 1.91. The van der Waals surface area contributed by atoms with E-state index in [1.54, 1.807) is 36.5 Å². The van der Waals surface area contributed by atoms with Crippen LogP contribution in [0, 0.1) is 0 Å². The average molecular weight is 276 g/mol. The van der Waals surface area contributed by atoms with Gasteiger partial charge in [-0.05, 0) is 35.4 Å². The molecule has 1 aliphatic rings. The summed E-state index contributed by atoms with van der Waals surface area (Å²) in [5, 5.41) is 0. The van der Waals surface area contributed by atoms with Crippen LogP contribution in [0.5, 0.6) is 0 Å². The molecule has 0 bridgehead atoms. The molecule has 0 saturated heterocycles. The van der Waals surface area contributed by atoms with E-state index in [0.29, 0.717) is 18.9 Å². The van der Waals surface area contributed by atoms with Crippen LogP contribution < -0.4 is 4.72 Å². The van der Waals surface area contributed by atoms with Gasteiger partial charge < -0.3 is 4.74 Å². The molecule has 6 heteroatoms. The van der Waals surface area contributed by atoms with Crippen LogP contribution in [0.4, 0.5) is 5.69 Å². The fourth-order valence-electron chi connectivity index (χ4n) is 1.95. The average Bonchev–Trinajstić information content (AvgIpc) is 2.86. The topological polar surface area (TPSA) is 68.3 Å². The van der Waals surface area contributed by atoms with Crippen LogP contribution in [0.25, 0.3) is 0 Å². The fourth-order valence-corrected chi connectivity index (χ4v) is 3.05. The molecule has 0 radical (unpaired) electrons. The van der Waals surface area contributed by atoms with Crippen molar-refractivity contribution in [3.05, 3.63) is 53.9 Å². The summed E-state index contributed by atoms with van der Waals surface area (Å²) < 4.78 is 32.2. The van der Waals surface area contributed by atoms with Gasteiger partial charge in [-0.15, -0.1) is 0 Å². The maximum Gasteiger partial charge on any atom is 0.261 e. The van der Waals surface area contributed by atoms with Crippen LogP contribution in [0.1, 0.15) is 11.1 Å². The second kappa shape index (κ2) is 4.64. The summed E-state index contributed by atoms with van der Waals surface area (Å²) in [4.78, 5) is 4.11. The smallest absolute Gasteiger partial charge is 0.261 e. The number of sulfonamides is 1. The number of rotatable bonds is 3. The number of pyridine rings is 1. The van der Waals surface area contributed by atoms with Gasteiger partial charge in [-0.25, -0.2) is 8.42 Å². The molecule has 19 heavy (non-hydrogen) atoms. The van der Waals surface area contributed by atoms with Gasteiger partial charge in [0, 0.05) is 6.20 Å². The lowest BCUT2D eigenvalue weighted by Crippen LogP contribution is -2.13. The third kappa shape index (κ3) is 2.45. The summed E-state index contributed by atoms with van der Waals surface area (Å²) in [6.45, 7) is 1.01. The molecule has 0 fully saturated rings. The highest BCUT2D eigenvalue weighted by atomic mass is 32.2. The number of fused-ring (bicyclic) bond motifs is 1. The highest BCUT2D eigenvalue weighted by Gasteiger charge is 2.18. The van der Waals surface area contributed by atoms with Crippen LogP contribution in [0.3, 0.4) is 0 Å². The molecule has 0 spiro atoms. The highest BCUT2D eigenvalue weighted by Crippen LogP contribution is 2.24. The van der Waals surface area contributed by atoms with E-state index in [1.165, 1.54) is 6.20 Å². The first kappa shape index (κ1) is 12.1. The molecule has 1 aliphatic heterocycles. The highest BCUT2D eigenvalue weighted by molar-refractivity contribution is 7.92. The van der Waals surface area contributed by atoms with Gasteiger partial charge >= 0.3 is 0 Å². The van der Waals surface area contributed by atoms with Crippen LogP contribution in [0.15, 0.2) is 47.6 Å². The van der Waals surface area contributed by atoms with E-state index in [-0.39, 0.29) is 4.90 Å². The number of benzene rings is 1. The third-order valence-corrected chi connectivity index (χ3v) is 4.30. The summed E-state index contributed by atoms with van der Waals surface area (Å²) in [5.41, 5.74) is 2.41. The van der Waals surface area contributed by atoms with Crippen LogP contribution in [-0.2, 0) is 28.0 Å². The Labute approximate surface area is 111 Å². The molecule has 1 N–H and O–H groups in total. The molecule has 0 atom stereocenters. The number of hydrogen-bond acceptors (Lipinski definition) is 4. The second-order valence-electron chi connectivity index (χ2n) is 4.27. The van der Waals surface area contributed by atoms with E-state index in [0.717, 1.165) is 11.1 Å². The van der Waals surface area contributed by atoms with Gasteiger partial charge in [0.25, 0.3) is 10.0 Å². The summed E-state index contributed by atoms with van der Waals surface area (Å²) in [6, 6.07) is 8.36. The van der Waals surface area contributed by atoms with E-state index >= 15 is 0 Å². The van der Waals surface area contributed by atoms with E-state index in [9.17, 15) is 8.42 Å². The van der Waals surface area contributed by atoms with Crippen molar-refractivity contribution < 1.29 is 13.2 Å². The van der Waals surface area contributed by atoms with Crippen molar-refractivity contribution in [2.45, 2.75) is 18.1 Å². The SMILES string of the molecule is O=S(=O)(Nc1cccnc1)c1ccc2c(c1)COC2. The summed E-state index contributed by atoms with van der Waals surface area (Å²) >= 11 is 0. The van der Waals surface area contributed by atoms with E-state index in [4.69, 9.17) is 4.74 Å². The van der Waals surface area contributed by atoms with Crippen molar-refractivity contribution in [1.29, 1.82) is 0 Å². The zero-order valence-electron chi connectivity index (χ0n) is 10.0. The van der Waals surface area contributed by atoms with Gasteiger partial charge in [-0.2, -0.15) is 0 Å². The first-order valence-corrected chi connectivity index (χ1v) is 7.26. The molecular weight excluding hydrogens is 264 g/mol.